The molecule has 0 aromatic heterocycles. The molecule has 20 heavy (non-hydrogen) atoms. The van der Waals surface area contributed by atoms with Crippen LogP contribution in [0.4, 0.5) is 0 Å². The van der Waals surface area contributed by atoms with E-state index in [9.17, 15) is 9.90 Å². The number of nitrogens with one attached hydrogen (secondary N) is 2. The average molecular weight is 278 g/mol. The quantitative estimate of drug-likeness (QED) is 0.654. The molecule has 2 rings (SSSR count). The van der Waals surface area contributed by atoms with Crippen LogP contribution in [-0.2, 0) is 11.3 Å². The van der Waals surface area contributed by atoms with Crippen molar-refractivity contribution in [3.63, 3.8) is 0 Å². The molecule has 1 aromatic rings. The molecule has 0 bridgehead atoms. The van der Waals surface area contributed by atoms with Crippen molar-refractivity contribution in [2.75, 3.05) is 26.8 Å². The molecule has 1 amide bonds. The van der Waals surface area contributed by atoms with Crippen molar-refractivity contribution >= 4 is 5.91 Å². The van der Waals surface area contributed by atoms with E-state index in [1.807, 2.05) is 24.3 Å². The van der Waals surface area contributed by atoms with Gasteiger partial charge in [0, 0.05) is 37.7 Å². The zero-order valence-corrected chi connectivity index (χ0v) is 11.8. The van der Waals surface area contributed by atoms with Gasteiger partial charge in [0.2, 0.25) is 0 Å². The third-order valence-electron chi connectivity index (χ3n) is 3.72. The molecule has 5 nitrogen and oxygen atoms in total. The van der Waals surface area contributed by atoms with Crippen LogP contribution in [-0.4, -0.2) is 37.8 Å². The molecule has 0 spiro atoms. The number of aliphatic hydroxyl groups excluding tert-OH is 1. The summed E-state index contributed by atoms with van der Waals surface area (Å²) in [6, 6.07) is 7.67. The molecule has 5 heteroatoms. The Morgan fingerprint density at radius 2 is 2.15 bits per heavy atom. The van der Waals surface area contributed by atoms with Crippen LogP contribution in [0.15, 0.2) is 24.3 Å². The Kier molecular flexibility index (Phi) is 4.98. The predicted octanol–water partition coefficient (Wildman–Crippen LogP) is 0.673. The van der Waals surface area contributed by atoms with Gasteiger partial charge >= 0.3 is 0 Å². The minimum absolute atomic E-state index is 0.0219. The van der Waals surface area contributed by atoms with Gasteiger partial charge in [-0.2, -0.15) is 0 Å². The van der Waals surface area contributed by atoms with Crippen LogP contribution in [0.5, 0.6) is 5.75 Å². The summed E-state index contributed by atoms with van der Waals surface area (Å²) in [5.74, 6) is 0.572. The van der Waals surface area contributed by atoms with Crippen molar-refractivity contribution in [2.24, 2.45) is 5.41 Å². The summed E-state index contributed by atoms with van der Waals surface area (Å²) < 4.78 is 5.51. The molecular weight excluding hydrogens is 256 g/mol. The number of hydrogen-bond acceptors (Lipinski definition) is 4. The van der Waals surface area contributed by atoms with Crippen molar-refractivity contribution in [3.05, 3.63) is 29.8 Å². The first-order chi connectivity index (χ1) is 9.69. The van der Waals surface area contributed by atoms with Crippen molar-refractivity contribution < 1.29 is 14.6 Å². The van der Waals surface area contributed by atoms with Gasteiger partial charge in [-0.3, -0.25) is 4.79 Å². The smallest absolute Gasteiger partial charge is 0.257 e. The Hall–Kier alpha value is -1.59. The normalized spacial score (nSPS) is 15.7. The molecule has 0 saturated heterocycles. The van der Waals surface area contributed by atoms with Gasteiger partial charge in [0.05, 0.1) is 0 Å². The Bertz CT molecular complexity index is 458. The minimum Gasteiger partial charge on any atom is -0.483 e. The van der Waals surface area contributed by atoms with E-state index in [2.05, 4.69) is 10.6 Å². The van der Waals surface area contributed by atoms with E-state index in [-0.39, 0.29) is 24.5 Å². The second-order valence-corrected chi connectivity index (χ2v) is 5.33. The monoisotopic (exact) mass is 278 g/mol. The van der Waals surface area contributed by atoms with Gasteiger partial charge < -0.3 is 20.5 Å². The lowest BCUT2D eigenvalue weighted by molar-refractivity contribution is -0.122. The third-order valence-corrected chi connectivity index (χ3v) is 3.72. The Labute approximate surface area is 119 Å². The molecule has 0 radical (unpaired) electrons. The van der Waals surface area contributed by atoms with Crippen LogP contribution in [0.3, 0.4) is 0 Å². The summed E-state index contributed by atoms with van der Waals surface area (Å²) in [6.07, 6.45) is 2.18. The zero-order chi connectivity index (χ0) is 14.4. The lowest BCUT2D eigenvalue weighted by Gasteiger charge is -2.15. The number of rotatable bonds is 8. The van der Waals surface area contributed by atoms with Crippen LogP contribution in [0.25, 0.3) is 0 Å². The number of hydrogen-bond donors (Lipinski definition) is 3. The summed E-state index contributed by atoms with van der Waals surface area (Å²) in [5, 5.41) is 15.2. The van der Waals surface area contributed by atoms with Gasteiger partial charge in [0.1, 0.15) is 5.75 Å². The highest BCUT2D eigenvalue weighted by atomic mass is 16.5. The summed E-state index contributed by atoms with van der Waals surface area (Å²) >= 11 is 0. The summed E-state index contributed by atoms with van der Waals surface area (Å²) in [4.78, 5) is 11.2. The second kappa shape index (κ2) is 6.72. The Balaban J connectivity index is 1.85. The van der Waals surface area contributed by atoms with Crippen molar-refractivity contribution in [3.8, 4) is 5.75 Å². The minimum atomic E-state index is -0.148. The number of likely N-dealkylation sites (N-methyl/N-ethyl adjacent to an activating group) is 1. The molecular formula is C15H22N2O3. The highest BCUT2D eigenvalue weighted by molar-refractivity contribution is 5.77. The van der Waals surface area contributed by atoms with Gasteiger partial charge in [0.25, 0.3) is 5.91 Å². The molecule has 1 saturated carbocycles. The number of aliphatic hydroxyl groups is 1. The number of ether oxygens (including phenoxy) is 1. The highest BCUT2D eigenvalue weighted by Gasteiger charge is 2.41. The molecule has 1 aliphatic carbocycles. The second-order valence-electron chi connectivity index (χ2n) is 5.33. The van der Waals surface area contributed by atoms with E-state index in [0.29, 0.717) is 6.54 Å². The van der Waals surface area contributed by atoms with Crippen molar-refractivity contribution in [2.45, 2.75) is 19.4 Å². The Morgan fingerprint density at radius 3 is 2.80 bits per heavy atom. The fourth-order valence-corrected chi connectivity index (χ4v) is 2.04. The molecule has 1 fully saturated rings. The van der Waals surface area contributed by atoms with Crippen molar-refractivity contribution in [1.82, 2.24) is 10.6 Å². The lowest BCUT2D eigenvalue weighted by atomic mass is 10.1. The molecule has 3 N–H and O–H groups in total. The summed E-state index contributed by atoms with van der Waals surface area (Å²) in [6.45, 7) is 1.75. The summed E-state index contributed by atoms with van der Waals surface area (Å²) in [7, 11) is 1.59. The van der Waals surface area contributed by atoms with E-state index < -0.39 is 0 Å². The number of amides is 1. The van der Waals surface area contributed by atoms with Gasteiger partial charge in [-0.25, -0.2) is 0 Å². The standard InChI is InChI=1S/C15H22N2O3/c1-16-14(19)9-20-13-5-3-2-4-12(13)8-17-10-15(11-18)6-7-15/h2-5,17-18H,6-11H2,1H3,(H,16,19). The Morgan fingerprint density at radius 1 is 1.40 bits per heavy atom. The molecule has 1 aromatic carbocycles. The van der Waals surface area contributed by atoms with E-state index in [4.69, 9.17) is 4.74 Å². The topological polar surface area (TPSA) is 70.6 Å². The number of benzene rings is 1. The molecule has 0 heterocycles. The molecule has 0 unspecified atom stereocenters. The molecule has 0 atom stereocenters. The maximum absolute atomic E-state index is 11.2. The maximum atomic E-state index is 11.2. The van der Waals surface area contributed by atoms with E-state index in [1.165, 1.54) is 0 Å². The zero-order valence-electron chi connectivity index (χ0n) is 11.8. The van der Waals surface area contributed by atoms with Gasteiger partial charge in [-0.05, 0) is 18.9 Å². The van der Waals surface area contributed by atoms with Crippen molar-refractivity contribution in [1.29, 1.82) is 0 Å². The molecule has 110 valence electrons. The molecule has 1 aliphatic rings. The predicted molar refractivity (Wildman–Crippen MR) is 76.5 cm³/mol. The first kappa shape index (κ1) is 14.8. The fraction of sp³-hybridized carbons (Fsp3) is 0.533. The first-order valence-electron chi connectivity index (χ1n) is 6.92. The largest absolute Gasteiger partial charge is 0.483 e. The van der Waals surface area contributed by atoms with E-state index >= 15 is 0 Å². The average Bonchev–Trinajstić information content (AvgIpc) is 3.26. The third kappa shape index (κ3) is 3.95. The highest BCUT2D eigenvalue weighted by Crippen LogP contribution is 2.44. The van der Waals surface area contributed by atoms with E-state index in [1.54, 1.807) is 7.05 Å². The molecule has 0 aliphatic heterocycles. The number of para-hydroxylation sites is 1. The number of carbonyl (C=O) groups is 1. The van der Waals surface area contributed by atoms with Crippen LogP contribution in [0.1, 0.15) is 18.4 Å². The van der Waals surface area contributed by atoms with Crippen LogP contribution >= 0.6 is 0 Å². The fourth-order valence-electron chi connectivity index (χ4n) is 2.04. The lowest BCUT2D eigenvalue weighted by Crippen LogP contribution is -2.27. The number of carbonyl (C=O) groups excluding carboxylic acids is 1. The summed E-state index contributed by atoms with van der Waals surface area (Å²) in [5.41, 5.74) is 1.11. The van der Waals surface area contributed by atoms with Crippen LogP contribution in [0.2, 0.25) is 0 Å². The first-order valence-corrected chi connectivity index (χ1v) is 6.92. The van der Waals surface area contributed by atoms with Crippen LogP contribution < -0.4 is 15.4 Å². The van der Waals surface area contributed by atoms with Gasteiger partial charge in [0.15, 0.2) is 6.61 Å². The van der Waals surface area contributed by atoms with Crippen LogP contribution in [0, 0.1) is 5.41 Å². The van der Waals surface area contributed by atoms with E-state index in [0.717, 1.165) is 30.7 Å². The van der Waals surface area contributed by atoms with Gasteiger partial charge in [-0.1, -0.05) is 18.2 Å². The SMILES string of the molecule is CNC(=O)COc1ccccc1CNCC1(CO)CC1. The maximum Gasteiger partial charge on any atom is 0.257 e. The van der Waals surface area contributed by atoms with Gasteiger partial charge in [-0.15, -0.1) is 0 Å².